The van der Waals surface area contributed by atoms with Gasteiger partial charge in [0.15, 0.2) is 11.5 Å². The van der Waals surface area contributed by atoms with Crippen molar-refractivity contribution in [2.24, 2.45) is 4.99 Å². The molecule has 0 aromatic heterocycles. The largest absolute Gasteiger partial charge is 0.493 e. The van der Waals surface area contributed by atoms with Gasteiger partial charge in [-0.05, 0) is 29.0 Å². The molecule has 2 amide bonds. The van der Waals surface area contributed by atoms with Gasteiger partial charge in [0, 0.05) is 11.1 Å². The number of methoxy groups -OCH3 is 1. The van der Waals surface area contributed by atoms with Crippen LogP contribution in [0.3, 0.4) is 0 Å². The van der Waals surface area contributed by atoms with Crippen LogP contribution in [0.25, 0.3) is 10.8 Å². The molecule has 0 saturated heterocycles. The fourth-order valence-electron chi connectivity index (χ4n) is 3.86. The van der Waals surface area contributed by atoms with Gasteiger partial charge in [-0.2, -0.15) is 0 Å². The maximum atomic E-state index is 12.9. The molecule has 0 bridgehead atoms. The van der Waals surface area contributed by atoms with Gasteiger partial charge < -0.3 is 14.8 Å². The number of benzene rings is 4. The molecule has 7 nitrogen and oxygen atoms in total. The summed E-state index contributed by atoms with van der Waals surface area (Å²) < 4.78 is 10.9. The number of ether oxygens (including phenoxy) is 2. The predicted molar refractivity (Wildman–Crippen MR) is 131 cm³/mol. The molecule has 0 saturated carbocycles. The number of para-hydroxylation sites is 1. The minimum atomic E-state index is -1.19. The van der Waals surface area contributed by atoms with Crippen molar-refractivity contribution in [3.63, 3.8) is 0 Å². The van der Waals surface area contributed by atoms with E-state index in [1.54, 1.807) is 18.2 Å². The molecule has 7 heteroatoms. The van der Waals surface area contributed by atoms with Crippen LogP contribution < -0.4 is 20.1 Å². The number of anilines is 1. The van der Waals surface area contributed by atoms with Gasteiger partial charge in [0.2, 0.25) is 6.17 Å². The molecular formula is C27H21N3O4. The van der Waals surface area contributed by atoms with Gasteiger partial charge in [-0.15, -0.1) is 0 Å². The van der Waals surface area contributed by atoms with E-state index in [9.17, 15) is 9.59 Å². The summed E-state index contributed by atoms with van der Waals surface area (Å²) in [5, 5.41) is 7.25. The second-order valence-corrected chi connectivity index (χ2v) is 7.67. The van der Waals surface area contributed by atoms with Crippen LogP contribution in [-0.4, -0.2) is 31.0 Å². The molecule has 4 aromatic carbocycles. The van der Waals surface area contributed by atoms with Crippen molar-refractivity contribution in [3.05, 3.63) is 102 Å². The lowest BCUT2D eigenvalue weighted by molar-refractivity contribution is -0.117. The normalized spacial score (nSPS) is 14.9. The third-order valence-electron chi connectivity index (χ3n) is 5.48. The SMILES string of the molecule is COc1cc2ccccc2cc1OC(=O)NC1N=C(c2ccccc2)c2ccccc2NC1=O. The van der Waals surface area contributed by atoms with E-state index in [0.29, 0.717) is 17.1 Å². The Morgan fingerprint density at radius 1 is 0.882 bits per heavy atom. The van der Waals surface area contributed by atoms with Gasteiger partial charge >= 0.3 is 6.09 Å². The van der Waals surface area contributed by atoms with Gasteiger partial charge in [0.05, 0.1) is 18.5 Å². The van der Waals surface area contributed by atoms with Gasteiger partial charge in [-0.1, -0.05) is 72.8 Å². The molecular weight excluding hydrogens is 430 g/mol. The number of carbonyl (C=O) groups is 2. The fourth-order valence-corrected chi connectivity index (χ4v) is 3.86. The first-order valence-electron chi connectivity index (χ1n) is 10.7. The minimum Gasteiger partial charge on any atom is -0.493 e. The Balaban J connectivity index is 1.45. The number of benzodiazepines with no additional fused rings is 1. The average molecular weight is 451 g/mol. The molecule has 1 unspecified atom stereocenters. The number of hydrogen-bond donors (Lipinski definition) is 2. The molecule has 0 spiro atoms. The summed E-state index contributed by atoms with van der Waals surface area (Å²) in [5.41, 5.74) is 2.78. The zero-order valence-corrected chi connectivity index (χ0v) is 18.3. The maximum Gasteiger partial charge on any atom is 0.414 e. The second kappa shape index (κ2) is 9.07. The molecule has 0 radical (unpaired) electrons. The van der Waals surface area contributed by atoms with Gasteiger partial charge in [0.1, 0.15) is 0 Å². The Labute approximate surface area is 196 Å². The lowest BCUT2D eigenvalue weighted by atomic mass is 10.0. The molecule has 1 aliphatic rings. The highest BCUT2D eigenvalue weighted by Crippen LogP contribution is 2.32. The highest BCUT2D eigenvalue weighted by molar-refractivity contribution is 6.19. The van der Waals surface area contributed by atoms with E-state index in [1.165, 1.54) is 7.11 Å². The number of rotatable bonds is 4. The summed E-state index contributed by atoms with van der Waals surface area (Å²) in [5.74, 6) is 0.170. The second-order valence-electron chi connectivity index (χ2n) is 7.67. The average Bonchev–Trinajstić information content (AvgIpc) is 3.00. The summed E-state index contributed by atoms with van der Waals surface area (Å²) in [6.07, 6.45) is -2.02. The zero-order valence-electron chi connectivity index (χ0n) is 18.3. The Hall–Kier alpha value is -4.65. The Morgan fingerprint density at radius 2 is 1.53 bits per heavy atom. The predicted octanol–water partition coefficient (Wildman–Crippen LogP) is 4.75. The number of nitrogens with one attached hydrogen (secondary N) is 2. The maximum absolute atomic E-state index is 12.9. The Morgan fingerprint density at radius 3 is 2.26 bits per heavy atom. The zero-order chi connectivity index (χ0) is 23.5. The molecule has 0 fully saturated rings. The van der Waals surface area contributed by atoms with Crippen LogP contribution in [0.5, 0.6) is 11.5 Å². The molecule has 4 aromatic rings. The number of fused-ring (bicyclic) bond motifs is 2. The van der Waals surface area contributed by atoms with Gasteiger partial charge in [-0.25, -0.2) is 9.79 Å². The van der Waals surface area contributed by atoms with Crippen molar-refractivity contribution in [3.8, 4) is 11.5 Å². The van der Waals surface area contributed by atoms with E-state index >= 15 is 0 Å². The van der Waals surface area contributed by atoms with Crippen molar-refractivity contribution < 1.29 is 19.1 Å². The van der Waals surface area contributed by atoms with Crippen molar-refractivity contribution in [2.45, 2.75) is 6.17 Å². The van der Waals surface area contributed by atoms with Crippen molar-refractivity contribution >= 4 is 34.2 Å². The van der Waals surface area contributed by atoms with E-state index in [1.807, 2.05) is 72.8 Å². The Bertz CT molecular complexity index is 1420. The molecule has 168 valence electrons. The first kappa shape index (κ1) is 21.2. The molecule has 1 heterocycles. The number of aliphatic imine (C=N–C) groups is 1. The number of carbonyl (C=O) groups excluding carboxylic acids is 2. The van der Waals surface area contributed by atoms with Crippen molar-refractivity contribution in [1.82, 2.24) is 5.32 Å². The molecule has 0 aliphatic carbocycles. The summed E-state index contributed by atoms with van der Waals surface area (Å²) >= 11 is 0. The quantitative estimate of drug-likeness (QED) is 0.469. The first-order chi connectivity index (χ1) is 16.6. The summed E-state index contributed by atoms with van der Waals surface area (Å²) in [6.45, 7) is 0. The van der Waals surface area contributed by atoms with E-state index in [4.69, 9.17) is 9.47 Å². The minimum absolute atomic E-state index is 0.239. The summed E-state index contributed by atoms with van der Waals surface area (Å²) in [6, 6.07) is 28.0. The van der Waals surface area contributed by atoms with Gasteiger partial charge in [0.25, 0.3) is 5.91 Å². The molecule has 1 atom stereocenters. The van der Waals surface area contributed by atoms with Crippen molar-refractivity contribution in [2.75, 3.05) is 12.4 Å². The standard InChI is InChI=1S/C27H21N3O4/c1-33-22-15-18-11-5-6-12-19(18)16-23(22)34-27(32)30-25-26(31)28-21-14-8-7-13-20(21)24(29-25)17-9-3-2-4-10-17/h2-16,25H,1H3,(H,28,31)(H,30,32). The monoisotopic (exact) mass is 451 g/mol. The third-order valence-corrected chi connectivity index (χ3v) is 5.48. The smallest absolute Gasteiger partial charge is 0.414 e. The van der Waals surface area contributed by atoms with Crippen LogP contribution in [0.4, 0.5) is 10.5 Å². The highest BCUT2D eigenvalue weighted by atomic mass is 16.6. The van der Waals surface area contributed by atoms with Crippen molar-refractivity contribution in [1.29, 1.82) is 0 Å². The highest BCUT2D eigenvalue weighted by Gasteiger charge is 2.28. The lowest BCUT2D eigenvalue weighted by Gasteiger charge is -2.15. The lowest BCUT2D eigenvalue weighted by Crippen LogP contribution is -2.43. The summed E-state index contributed by atoms with van der Waals surface area (Å²) in [7, 11) is 1.50. The van der Waals surface area contributed by atoms with Crippen LogP contribution in [0, 0.1) is 0 Å². The Kier molecular flexibility index (Phi) is 5.66. The third kappa shape index (κ3) is 4.19. The first-order valence-corrected chi connectivity index (χ1v) is 10.7. The van der Waals surface area contributed by atoms with E-state index in [-0.39, 0.29) is 5.75 Å². The van der Waals surface area contributed by atoms with E-state index in [2.05, 4.69) is 15.6 Å². The van der Waals surface area contributed by atoms with Crippen LogP contribution in [0.15, 0.2) is 96.0 Å². The fraction of sp³-hybridized carbons (Fsp3) is 0.0741. The van der Waals surface area contributed by atoms with Crippen LogP contribution >= 0.6 is 0 Å². The summed E-state index contributed by atoms with van der Waals surface area (Å²) in [4.78, 5) is 30.4. The molecule has 1 aliphatic heterocycles. The molecule has 5 rings (SSSR count). The van der Waals surface area contributed by atoms with Crippen LogP contribution in [0.2, 0.25) is 0 Å². The van der Waals surface area contributed by atoms with Crippen LogP contribution in [0.1, 0.15) is 11.1 Å². The van der Waals surface area contributed by atoms with Crippen LogP contribution in [-0.2, 0) is 4.79 Å². The topological polar surface area (TPSA) is 89.0 Å². The van der Waals surface area contributed by atoms with E-state index in [0.717, 1.165) is 21.9 Å². The van der Waals surface area contributed by atoms with E-state index < -0.39 is 18.2 Å². The molecule has 2 N–H and O–H groups in total. The number of amides is 2. The van der Waals surface area contributed by atoms with Gasteiger partial charge in [-0.3, -0.25) is 10.1 Å². The number of nitrogens with zero attached hydrogens (tertiary/aromatic N) is 1. The molecule has 34 heavy (non-hydrogen) atoms. The number of hydrogen-bond acceptors (Lipinski definition) is 5.